The molecule has 0 fully saturated rings. The summed E-state index contributed by atoms with van der Waals surface area (Å²) in [7, 11) is 1.23. The van der Waals surface area contributed by atoms with Gasteiger partial charge in [0.15, 0.2) is 11.5 Å². The van der Waals surface area contributed by atoms with Crippen molar-refractivity contribution < 1.29 is 38.1 Å². The highest BCUT2D eigenvalue weighted by atomic mass is 16.6. The van der Waals surface area contributed by atoms with Gasteiger partial charge in [-0.3, -0.25) is 19.2 Å². The first-order chi connectivity index (χ1) is 17.9. The van der Waals surface area contributed by atoms with Gasteiger partial charge in [-0.15, -0.1) is 0 Å². The molecule has 0 bridgehead atoms. The van der Waals surface area contributed by atoms with E-state index in [2.05, 4.69) is 0 Å². The Kier molecular flexibility index (Phi) is 11.7. The number of carbonyl (C=O) groups excluding carboxylic acids is 4. The van der Waals surface area contributed by atoms with Gasteiger partial charge in [0.2, 0.25) is 0 Å². The fourth-order valence-electron chi connectivity index (χ4n) is 3.09. The van der Waals surface area contributed by atoms with Gasteiger partial charge in [0, 0.05) is 12.8 Å². The van der Waals surface area contributed by atoms with Crippen molar-refractivity contribution in [3.63, 3.8) is 0 Å². The van der Waals surface area contributed by atoms with Crippen LogP contribution in [0.3, 0.4) is 0 Å². The number of carbonyl (C=O) groups is 4. The standard InChI is InChI=1S/C30H47NO8/c1-11-27(4,5)23(32)37-17-16-30(31,26(35)36-10)19-20-14-15-21(38-24(33)28(6,7)12-2)22(18-20)39-25(34)29(8,9)13-3/h14-15,18H,11-13,16-17,19,31H2,1-10H3/t30-/m1/s1. The second kappa shape index (κ2) is 13.4. The molecule has 0 amide bonds. The zero-order valence-corrected chi connectivity index (χ0v) is 25.3. The minimum atomic E-state index is -1.53. The van der Waals surface area contributed by atoms with E-state index in [0.717, 1.165) is 0 Å². The molecule has 0 aliphatic heterocycles. The fraction of sp³-hybridized carbons (Fsp3) is 0.667. The number of ether oxygens (including phenoxy) is 4. The molecular weight excluding hydrogens is 502 g/mol. The van der Waals surface area contributed by atoms with E-state index in [9.17, 15) is 19.2 Å². The van der Waals surface area contributed by atoms with Gasteiger partial charge in [0.25, 0.3) is 0 Å². The minimum absolute atomic E-state index is 0.00458. The predicted octanol–water partition coefficient (Wildman–Crippen LogP) is 5.15. The maximum Gasteiger partial charge on any atom is 0.326 e. The van der Waals surface area contributed by atoms with Crippen molar-refractivity contribution in [2.75, 3.05) is 13.7 Å². The highest BCUT2D eigenvalue weighted by Gasteiger charge is 2.37. The van der Waals surface area contributed by atoms with Crippen LogP contribution in [0.1, 0.15) is 93.6 Å². The summed E-state index contributed by atoms with van der Waals surface area (Å²) in [6.07, 6.45) is 1.68. The largest absolute Gasteiger partial charge is 0.468 e. The molecule has 1 aromatic rings. The van der Waals surface area contributed by atoms with Gasteiger partial charge in [0.05, 0.1) is 30.0 Å². The summed E-state index contributed by atoms with van der Waals surface area (Å²) >= 11 is 0. The van der Waals surface area contributed by atoms with Gasteiger partial charge in [-0.05, 0) is 78.5 Å². The molecule has 220 valence electrons. The number of esters is 4. The van der Waals surface area contributed by atoms with E-state index in [1.165, 1.54) is 19.2 Å². The topological polar surface area (TPSA) is 131 Å². The lowest BCUT2D eigenvalue weighted by molar-refractivity contribution is -0.157. The second-order valence-electron chi connectivity index (χ2n) is 12.0. The van der Waals surface area contributed by atoms with Crippen molar-refractivity contribution >= 4 is 23.9 Å². The van der Waals surface area contributed by atoms with Crippen LogP contribution >= 0.6 is 0 Å². The fourth-order valence-corrected chi connectivity index (χ4v) is 3.09. The molecular formula is C30H47NO8. The second-order valence-corrected chi connectivity index (χ2v) is 12.0. The van der Waals surface area contributed by atoms with Crippen LogP contribution in [0.15, 0.2) is 18.2 Å². The molecule has 0 saturated heterocycles. The average Bonchev–Trinajstić information content (AvgIpc) is 2.89. The Bertz CT molecular complexity index is 1040. The number of benzene rings is 1. The molecule has 39 heavy (non-hydrogen) atoms. The first-order valence-corrected chi connectivity index (χ1v) is 13.5. The summed E-state index contributed by atoms with van der Waals surface area (Å²) in [6, 6.07) is 4.69. The molecule has 0 saturated carbocycles. The van der Waals surface area contributed by atoms with Crippen molar-refractivity contribution in [1.29, 1.82) is 0 Å². The Morgan fingerprint density at radius 1 is 0.718 bits per heavy atom. The summed E-state index contributed by atoms with van der Waals surface area (Å²) in [5.41, 5.74) is 3.31. The predicted molar refractivity (Wildman–Crippen MR) is 148 cm³/mol. The summed E-state index contributed by atoms with van der Waals surface area (Å²) in [5, 5.41) is 0. The smallest absolute Gasteiger partial charge is 0.326 e. The van der Waals surface area contributed by atoms with Crippen LogP contribution in [0.2, 0.25) is 0 Å². The molecule has 0 heterocycles. The highest BCUT2D eigenvalue weighted by Crippen LogP contribution is 2.35. The average molecular weight is 550 g/mol. The van der Waals surface area contributed by atoms with E-state index < -0.39 is 39.7 Å². The molecule has 1 aromatic carbocycles. The lowest BCUT2D eigenvalue weighted by Gasteiger charge is -2.28. The third-order valence-electron chi connectivity index (χ3n) is 7.62. The Morgan fingerprint density at radius 2 is 1.18 bits per heavy atom. The third-order valence-corrected chi connectivity index (χ3v) is 7.62. The molecule has 1 rings (SSSR count). The molecule has 0 aromatic heterocycles. The summed E-state index contributed by atoms with van der Waals surface area (Å²) < 4.78 is 21.7. The van der Waals surface area contributed by atoms with Crippen LogP contribution in [-0.2, 0) is 35.1 Å². The van der Waals surface area contributed by atoms with Crippen LogP contribution < -0.4 is 15.2 Å². The zero-order valence-electron chi connectivity index (χ0n) is 25.3. The van der Waals surface area contributed by atoms with Crippen molar-refractivity contribution in [3.8, 4) is 11.5 Å². The number of hydrogen-bond acceptors (Lipinski definition) is 9. The first-order valence-electron chi connectivity index (χ1n) is 13.5. The quantitative estimate of drug-likeness (QED) is 0.247. The van der Waals surface area contributed by atoms with E-state index in [1.807, 2.05) is 20.8 Å². The van der Waals surface area contributed by atoms with Gasteiger partial charge in [-0.2, -0.15) is 0 Å². The molecule has 0 aliphatic carbocycles. The molecule has 0 radical (unpaired) electrons. The number of hydrogen-bond donors (Lipinski definition) is 1. The van der Waals surface area contributed by atoms with E-state index >= 15 is 0 Å². The Morgan fingerprint density at radius 3 is 1.64 bits per heavy atom. The van der Waals surface area contributed by atoms with Crippen molar-refractivity contribution in [3.05, 3.63) is 23.8 Å². The van der Waals surface area contributed by atoms with Gasteiger partial charge in [-0.25, -0.2) is 0 Å². The van der Waals surface area contributed by atoms with Crippen molar-refractivity contribution in [2.45, 2.75) is 100.0 Å². The lowest BCUT2D eigenvalue weighted by Crippen LogP contribution is -2.51. The molecule has 0 unspecified atom stereocenters. The van der Waals surface area contributed by atoms with Gasteiger partial charge < -0.3 is 24.7 Å². The monoisotopic (exact) mass is 549 g/mol. The van der Waals surface area contributed by atoms with Crippen molar-refractivity contribution in [2.24, 2.45) is 22.0 Å². The first kappa shape index (κ1) is 34.1. The van der Waals surface area contributed by atoms with Gasteiger partial charge >= 0.3 is 23.9 Å². The van der Waals surface area contributed by atoms with E-state index in [1.54, 1.807) is 47.6 Å². The molecule has 1 atom stereocenters. The molecule has 9 nitrogen and oxygen atoms in total. The van der Waals surface area contributed by atoms with Crippen LogP contribution in [0.25, 0.3) is 0 Å². The van der Waals surface area contributed by atoms with Crippen LogP contribution in [0, 0.1) is 16.2 Å². The van der Waals surface area contributed by atoms with Crippen LogP contribution in [0.5, 0.6) is 11.5 Å². The number of rotatable bonds is 14. The summed E-state index contributed by atoms with van der Waals surface area (Å²) in [5.74, 6) is -1.90. The van der Waals surface area contributed by atoms with E-state index in [4.69, 9.17) is 24.7 Å². The van der Waals surface area contributed by atoms with Gasteiger partial charge in [0.1, 0.15) is 5.54 Å². The van der Waals surface area contributed by atoms with Crippen LogP contribution in [-0.4, -0.2) is 43.1 Å². The highest BCUT2D eigenvalue weighted by molar-refractivity contribution is 5.83. The van der Waals surface area contributed by atoms with E-state index in [0.29, 0.717) is 24.8 Å². The molecule has 9 heteroatoms. The minimum Gasteiger partial charge on any atom is -0.468 e. The van der Waals surface area contributed by atoms with Crippen molar-refractivity contribution in [1.82, 2.24) is 0 Å². The lowest BCUT2D eigenvalue weighted by atomic mass is 9.88. The Hall–Kier alpha value is -2.94. The Labute approximate surface area is 233 Å². The van der Waals surface area contributed by atoms with E-state index in [-0.39, 0.29) is 36.9 Å². The molecule has 0 spiro atoms. The maximum atomic E-state index is 12.9. The molecule has 2 N–H and O–H groups in total. The Balaban J connectivity index is 3.35. The number of nitrogens with two attached hydrogens (primary N) is 1. The summed E-state index contributed by atoms with van der Waals surface area (Å²) in [6.45, 7) is 16.2. The zero-order chi connectivity index (χ0) is 30.2. The third kappa shape index (κ3) is 9.05. The SMILES string of the molecule is CCC(C)(C)C(=O)OCC[C@@](N)(Cc1ccc(OC(=O)C(C)(C)CC)c(OC(=O)C(C)(C)CC)c1)C(=O)OC. The van der Waals surface area contributed by atoms with Crippen LogP contribution in [0.4, 0.5) is 0 Å². The molecule has 0 aliphatic rings. The summed E-state index contributed by atoms with van der Waals surface area (Å²) in [4.78, 5) is 50.8. The normalized spacial score (nSPS) is 13.7. The number of methoxy groups -OCH3 is 1. The maximum absolute atomic E-state index is 12.9. The van der Waals surface area contributed by atoms with Gasteiger partial charge in [-0.1, -0.05) is 26.8 Å².